The van der Waals surface area contributed by atoms with E-state index in [9.17, 15) is 19.5 Å². The van der Waals surface area contributed by atoms with Crippen molar-refractivity contribution in [2.45, 2.75) is 26.5 Å². The van der Waals surface area contributed by atoms with Crippen LogP contribution in [-0.4, -0.2) is 39.3 Å². The number of aliphatic hydroxyl groups is 1. The van der Waals surface area contributed by atoms with Crippen molar-refractivity contribution in [1.82, 2.24) is 9.97 Å². The van der Waals surface area contributed by atoms with Gasteiger partial charge in [0.25, 0.3) is 5.78 Å². The van der Waals surface area contributed by atoms with Crippen molar-refractivity contribution in [3.8, 4) is 5.75 Å². The Morgan fingerprint density at radius 3 is 2.60 bits per heavy atom. The van der Waals surface area contributed by atoms with E-state index in [4.69, 9.17) is 9.47 Å². The summed E-state index contributed by atoms with van der Waals surface area (Å²) in [6, 6.07) is 17.1. The van der Waals surface area contributed by atoms with Gasteiger partial charge >= 0.3 is 11.9 Å². The van der Waals surface area contributed by atoms with Gasteiger partial charge in [-0.05, 0) is 54.8 Å². The van der Waals surface area contributed by atoms with Gasteiger partial charge in [-0.15, -0.1) is 0 Å². The van der Waals surface area contributed by atoms with Crippen LogP contribution in [0.5, 0.6) is 5.75 Å². The summed E-state index contributed by atoms with van der Waals surface area (Å²) < 4.78 is 11.1. The van der Waals surface area contributed by atoms with Crippen LogP contribution in [0.15, 0.2) is 91.3 Å². The Hall–Kier alpha value is -5.09. The third-order valence-corrected chi connectivity index (χ3v) is 7.78. The Morgan fingerprint density at radius 2 is 1.90 bits per heavy atom. The van der Waals surface area contributed by atoms with E-state index in [1.165, 1.54) is 17.2 Å². The average molecular weight is 582 g/mol. The second-order valence-electron chi connectivity index (χ2n) is 9.51. The normalized spacial score (nSPS) is 16.0. The number of hydrogen-bond acceptors (Lipinski definition) is 9. The summed E-state index contributed by atoms with van der Waals surface area (Å²) in [6.07, 6.45) is 4.52. The number of rotatable bonds is 9. The lowest BCUT2D eigenvalue weighted by Gasteiger charge is -2.22. The van der Waals surface area contributed by atoms with Gasteiger partial charge in [-0.2, -0.15) is 0 Å². The Morgan fingerprint density at radius 1 is 1.12 bits per heavy atom. The molecule has 1 fully saturated rings. The predicted octanol–water partition coefficient (Wildman–Crippen LogP) is 5.70. The molecule has 3 heterocycles. The zero-order valence-corrected chi connectivity index (χ0v) is 23.8. The molecule has 1 N–H and O–H groups in total. The lowest BCUT2D eigenvalue weighted by Crippen LogP contribution is -2.29. The van der Waals surface area contributed by atoms with Crippen molar-refractivity contribution in [1.29, 1.82) is 0 Å². The Bertz CT molecular complexity index is 1700. The maximum Gasteiger partial charge on any atom is 0.350 e. The number of aryl methyl sites for hydroxylation is 2. The number of thiazole rings is 1. The molecule has 0 bridgehead atoms. The first kappa shape index (κ1) is 28.4. The van der Waals surface area contributed by atoms with Gasteiger partial charge in [-0.25, -0.2) is 9.78 Å². The predicted molar refractivity (Wildman–Crippen MR) is 158 cm³/mol. The first-order chi connectivity index (χ1) is 20.3. The molecular weight excluding hydrogens is 554 g/mol. The van der Waals surface area contributed by atoms with E-state index in [0.717, 1.165) is 22.5 Å². The topological polar surface area (TPSA) is 119 Å². The zero-order valence-electron chi connectivity index (χ0n) is 22.9. The van der Waals surface area contributed by atoms with Crippen LogP contribution < -0.4 is 9.64 Å². The number of ketones is 1. The standard InChI is InChI=1S/C32H27N3O6S/c1-4-15-40-31(39)29-20(3)34-32(42-29)35-26(23-11-8-14-33-17-23)25(28(37)30(35)38)27(36)22-12-13-24(19(2)16-22)41-18-21-9-6-5-7-10-21/h4-14,16-17,26,36H,1,15,18H2,2-3H3/b27-25+/t26-/m1/s1. The number of aromatic nitrogens is 2. The molecule has 212 valence electrons. The molecular formula is C32H27N3O6S. The summed E-state index contributed by atoms with van der Waals surface area (Å²) in [4.78, 5) is 49.5. The lowest BCUT2D eigenvalue weighted by atomic mass is 9.96. The van der Waals surface area contributed by atoms with E-state index in [1.807, 2.05) is 37.3 Å². The smallest absolute Gasteiger partial charge is 0.350 e. The molecule has 1 aliphatic rings. The fraction of sp³-hybridized carbons (Fsp3) is 0.156. The molecule has 0 unspecified atom stereocenters. The van der Waals surface area contributed by atoms with Gasteiger partial charge in [0.1, 0.15) is 29.6 Å². The molecule has 0 saturated carbocycles. The molecule has 4 aromatic rings. The first-order valence-corrected chi connectivity index (χ1v) is 13.9. The second kappa shape index (κ2) is 12.2. The van der Waals surface area contributed by atoms with Gasteiger partial charge in [0.05, 0.1) is 17.3 Å². The van der Waals surface area contributed by atoms with Crippen molar-refractivity contribution >= 4 is 39.9 Å². The third-order valence-electron chi connectivity index (χ3n) is 6.64. The largest absolute Gasteiger partial charge is 0.507 e. The number of carbonyl (C=O) groups is 3. The van der Waals surface area contributed by atoms with Crippen molar-refractivity contribution in [3.63, 3.8) is 0 Å². The van der Waals surface area contributed by atoms with Gasteiger partial charge in [-0.3, -0.25) is 19.5 Å². The van der Waals surface area contributed by atoms with E-state index < -0.39 is 23.7 Å². The number of amides is 1. The maximum absolute atomic E-state index is 13.5. The minimum atomic E-state index is -1.03. The summed E-state index contributed by atoms with van der Waals surface area (Å²) in [7, 11) is 0. The number of ether oxygens (including phenoxy) is 2. The number of anilines is 1. The van der Waals surface area contributed by atoms with Crippen LogP contribution in [0.4, 0.5) is 5.13 Å². The van der Waals surface area contributed by atoms with Crippen LogP contribution >= 0.6 is 11.3 Å². The quantitative estimate of drug-likeness (QED) is 0.0879. The molecule has 1 saturated heterocycles. The maximum atomic E-state index is 13.5. The third kappa shape index (κ3) is 5.57. The highest BCUT2D eigenvalue weighted by molar-refractivity contribution is 7.17. The number of esters is 1. The molecule has 9 nitrogen and oxygen atoms in total. The number of benzene rings is 2. The van der Waals surface area contributed by atoms with E-state index >= 15 is 0 Å². The summed E-state index contributed by atoms with van der Waals surface area (Å²) >= 11 is 0.929. The van der Waals surface area contributed by atoms with Gasteiger partial charge < -0.3 is 14.6 Å². The number of pyridine rings is 1. The van der Waals surface area contributed by atoms with Crippen LogP contribution in [0.25, 0.3) is 5.76 Å². The summed E-state index contributed by atoms with van der Waals surface area (Å²) in [5.74, 6) is -2.11. The monoisotopic (exact) mass is 581 g/mol. The molecule has 0 spiro atoms. The molecule has 2 aromatic carbocycles. The Labute approximate surface area is 246 Å². The van der Waals surface area contributed by atoms with Gasteiger partial charge in [-0.1, -0.05) is 60.4 Å². The minimum absolute atomic E-state index is 0.0151. The number of Topliss-reactive ketones (excluding diaryl/α,β-unsaturated/α-hetero) is 1. The van der Waals surface area contributed by atoms with Crippen LogP contribution in [0.2, 0.25) is 0 Å². The molecule has 0 radical (unpaired) electrons. The van der Waals surface area contributed by atoms with Gasteiger partial charge in [0.15, 0.2) is 5.13 Å². The summed E-state index contributed by atoms with van der Waals surface area (Å²) in [5.41, 5.74) is 2.80. The van der Waals surface area contributed by atoms with Crippen molar-refractivity contribution in [2.24, 2.45) is 0 Å². The molecule has 2 aromatic heterocycles. The molecule has 42 heavy (non-hydrogen) atoms. The summed E-state index contributed by atoms with van der Waals surface area (Å²) in [5, 5.41) is 11.6. The molecule has 1 amide bonds. The zero-order chi connectivity index (χ0) is 29.8. The van der Waals surface area contributed by atoms with Crippen molar-refractivity contribution in [3.05, 3.63) is 124 Å². The number of nitrogens with zero attached hydrogens (tertiary/aromatic N) is 3. The second-order valence-corrected chi connectivity index (χ2v) is 10.5. The van der Waals surface area contributed by atoms with Crippen molar-refractivity contribution in [2.75, 3.05) is 11.5 Å². The molecule has 5 rings (SSSR count). The Balaban J connectivity index is 1.53. The van der Waals surface area contributed by atoms with Crippen LogP contribution in [-0.2, 0) is 20.9 Å². The van der Waals surface area contributed by atoms with Gasteiger partial charge in [0.2, 0.25) is 0 Å². The van der Waals surface area contributed by atoms with E-state index in [-0.39, 0.29) is 27.9 Å². The molecule has 10 heteroatoms. The first-order valence-electron chi connectivity index (χ1n) is 13.0. The minimum Gasteiger partial charge on any atom is -0.507 e. The SMILES string of the molecule is C=CCOC(=O)c1sc(N2C(=O)C(=O)/C(=C(/O)c3ccc(OCc4ccccc4)c(C)c3)[C@H]2c2cccnc2)nc1C. The van der Waals surface area contributed by atoms with Crippen molar-refractivity contribution < 1.29 is 29.0 Å². The van der Waals surface area contributed by atoms with Crippen LogP contribution in [0.1, 0.15) is 43.7 Å². The van der Waals surface area contributed by atoms with Crippen LogP contribution in [0, 0.1) is 13.8 Å². The highest BCUT2D eigenvalue weighted by Crippen LogP contribution is 2.44. The Kier molecular flexibility index (Phi) is 8.26. The number of carbonyl (C=O) groups excluding carboxylic acids is 3. The molecule has 1 atom stereocenters. The van der Waals surface area contributed by atoms with E-state index in [2.05, 4.69) is 16.5 Å². The number of aliphatic hydroxyl groups excluding tert-OH is 1. The van der Waals surface area contributed by atoms with Crippen LogP contribution in [0.3, 0.4) is 0 Å². The van der Waals surface area contributed by atoms with E-state index in [0.29, 0.717) is 29.2 Å². The molecule has 1 aliphatic heterocycles. The fourth-order valence-corrected chi connectivity index (χ4v) is 5.59. The average Bonchev–Trinajstić information content (AvgIpc) is 3.52. The highest BCUT2D eigenvalue weighted by atomic mass is 32.1. The highest BCUT2D eigenvalue weighted by Gasteiger charge is 2.48. The fourth-order valence-electron chi connectivity index (χ4n) is 4.61. The molecule has 0 aliphatic carbocycles. The number of hydrogen-bond donors (Lipinski definition) is 1. The van der Waals surface area contributed by atoms with Gasteiger partial charge in [0, 0.05) is 18.0 Å². The van der Waals surface area contributed by atoms with E-state index in [1.54, 1.807) is 43.5 Å². The lowest BCUT2D eigenvalue weighted by molar-refractivity contribution is -0.132. The summed E-state index contributed by atoms with van der Waals surface area (Å²) in [6.45, 7) is 7.37.